The maximum atomic E-state index is 6.96. The van der Waals surface area contributed by atoms with E-state index in [9.17, 15) is 0 Å². The maximum Gasteiger partial charge on any atom is 0.138 e. The second-order valence-electron chi connectivity index (χ2n) is 16.7. The molecule has 9 aromatic carbocycles. The SMILES string of the molecule is Cc1ccc(N(c2cc(C)cc(C)c2)c2cc3oc4cc5c(cc4c3c3ccccc23)oc2cc(N(c3ccc(C)cc3)c3cc(C)cc(C)c3)c3ccccc3c25)cc1. The van der Waals surface area contributed by atoms with Crippen LogP contribution in [0.4, 0.5) is 34.1 Å². The van der Waals surface area contributed by atoms with E-state index in [1.165, 1.54) is 33.4 Å². The van der Waals surface area contributed by atoms with Crippen LogP contribution < -0.4 is 9.80 Å². The summed E-state index contributed by atoms with van der Waals surface area (Å²) >= 11 is 0. The van der Waals surface area contributed by atoms with Gasteiger partial charge in [-0.15, -0.1) is 0 Å². The Hall–Kier alpha value is -7.30. The monoisotopic (exact) mass is 776 g/mol. The van der Waals surface area contributed by atoms with Crippen LogP contribution in [0.15, 0.2) is 167 Å². The molecule has 0 bridgehead atoms. The van der Waals surface area contributed by atoms with Crippen LogP contribution in [0.5, 0.6) is 0 Å². The molecule has 0 saturated carbocycles. The molecule has 0 amide bonds. The fraction of sp³-hybridized carbons (Fsp3) is 0.107. The van der Waals surface area contributed by atoms with Crippen molar-refractivity contribution in [3.05, 3.63) is 191 Å². The Morgan fingerprint density at radius 3 is 1.00 bits per heavy atom. The molecule has 2 aromatic heterocycles. The number of hydrogen-bond acceptors (Lipinski definition) is 4. The summed E-state index contributed by atoms with van der Waals surface area (Å²) < 4.78 is 13.9. The van der Waals surface area contributed by atoms with Crippen molar-refractivity contribution in [1.82, 2.24) is 0 Å². The van der Waals surface area contributed by atoms with Crippen LogP contribution in [-0.2, 0) is 0 Å². The van der Waals surface area contributed by atoms with Gasteiger partial charge in [0.15, 0.2) is 0 Å². The van der Waals surface area contributed by atoms with Crippen LogP contribution in [0.1, 0.15) is 33.4 Å². The first-order valence-corrected chi connectivity index (χ1v) is 20.7. The lowest BCUT2D eigenvalue weighted by atomic mass is 9.98. The van der Waals surface area contributed by atoms with Gasteiger partial charge in [-0.05, 0) is 135 Å². The number of nitrogens with zero attached hydrogens (tertiary/aromatic N) is 2. The number of rotatable bonds is 6. The zero-order chi connectivity index (χ0) is 40.8. The van der Waals surface area contributed by atoms with Gasteiger partial charge in [0.1, 0.15) is 22.3 Å². The third-order valence-corrected chi connectivity index (χ3v) is 12.0. The molecule has 0 saturated heterocycles. The molecule has 4 nitrogen and oxygen atoms in total. The van der Waals surface area contributed by atoms with Crippen molar-refractivity contribution in [3.8, 4) is 0 Å². The molecule has 0 atom stereocenters. The van der Waals surface area contributed by atoms with Gasteiger partial charge in [-0.2, -0.15) is 0 Å². The Labute approximate surface area is 349 Å². The van der Waals surface area contributed by atoms with E-state index in [4.69, 9.17) is 8.83 Å². The maximum absolute atomic E-state index is 6.96. The molecule has 0 aliphatic heterocycles. The predicted octanol–water partition coefficient (Wildman–Crippen LogP) is 16.6. The molecule has 0 unspecified atom stereocenters. The molecular formula is C56H44N2O2. The highest BCUT2D eigenvalue weighted by Crippen LogP contribution is 2.49. The second-order valence-corrected chi connectivity index (χ2v) is 16.7. The third kappa shape index (κ3) is 5.82. The van der Waals surface area contributed by atoms with E-state index in [1.807, 2.05) is 0 Å². The fourth-order valence-electron chi connectivity index (χ4n) is 9.51. The van der Waals surface area contributed by atoms with Crippen molar-refractivity contribution in [2.45, 2.75) is 41.5 Å². The first-order valence-electron chi connectivity index (χ1n) is 20.7. The minimum Gasteiger partial charge on any atom is -0.456 e. The topological polar surface area (TPSA) is 32.8 Å². The highest BCUT2D eigenvalue weighted by Gasteiger charge is 2.24. The Morgan fingerprint density at radius 2 is 0.633 bits per heavy atom. The molecule has 0 spiro atoms. The van der Waals surface area contributed by atoms with E-state index < -0.39 is 0 Å². The number of furan rings is 2. The van der Waals surface area contributed by atoms with Gasteiger partial charge in [-0.25, -0.2) is 0 Å². The van der Waals surface area contributed by atoms with E-state index in [0.717, 1.165) is 99.5 Å². The van der Waals surface area contributed by atoms with Crippen molar-refractivity contribution < 1.29 is 8.83 Å². The third-order valence-electron chi connectivity index (χ3n) is 12.0. The van der Waals surface area contributed by atoms with E-state index in [2.05, 4.69) is 209 Å². The number of benzene rings is 9. The summed E-state index contributed by atoms with van der Waals surface area (Å²) in [7, 11) is 0. The minimum atomic E-state index is 0.834. The van der Waals surface area contributed by atoms with Crippen molar-refractivity contribution >= 4 is 99.5 Å². The quantitative estimate of drug-likeness (QED) is 0.168. The van der Waals surface area contributed by atoms with Crippen LogP contribution in [0.3, 0.4) is 0 Å². The summed E-state index contributed by atoms with van der Waals surface area (Å²) in [6.45, 7) is 12.9. The Balaban J connectivity index is 1.16. The van der Waals surface area contributed by atoms with Gasteiger partial charge in [0, 0.05) is 67.2 Å². The van der Waals surface area contributed by atoms with Crippen LogP contribution in [0.2, 0.25) is 0 Å². The lowest BCUT2D eigenvalue weighted by Crippen LogP contribution is -2.11. The van der Waals surface area contributed by atoms with Gasteiger partial charge < -0.3 is 18.6 Å². The predicted molar refractivity (Wildman–Crippen MR) is 254 cm³/mol. The molecule has 11 rings (SSSR count). The van der Waals surface area contributed by atoms with Gasteiger partial charge in [0.05, 0.1) is 11.4 Å². The van der Waals surface area contributed by atoms with Gasteiger partial charge in [0.2, 0.25) is 0 Å². The van der Waals surface area contributed by atoms with Crippen LogP contribution in [-0.4, -0.2) is 0 Å². The first-order chi connectivity index (χ1) is 29.2. The second kappa shape index (κ2) is 13.6. The first kappa shape index (κ1) is 35.8. The Bertz CT molecular complexity index is 3220. The summed E-state index contributed by atoms with van der Waals surface area (Å²) in [4.78, 5) is 4.74. The largest absolute Gasteiger partial charge is 0.456 e. The summed E-state index contributed by atoms with van der Waals surface area (Å²) in [6.07, 6.45) is 0. The van der Waals surface area contributed by atoms with E-state index in [0.29, 0.717) is 0 Å². The molecule has 0 fully saturated rings. The summed E-state index contributed by atoms with van der Waals surface area (Å²) in [5, 5.41) is 8.81. The van der Waals surface area contributed by atoms with Crippen molar-refractivity contribution in [2.75, 3.05) is 9.80 Å². The zero-order valence-corrected chi connectivity index (χ0v) is 34.7. The Kier molecular flexibility index (Phi) is 8.15. The summed E-state index contributed by atoms with van der Waals surface area (Å²) in [6, 6.07) is 57.4. The molecule has 0 N–H and O–H groups in total. The lowest BCUT2D eigenvalue weighted by molar-refractivity contribution is 0.664. The molecular weight excluding hydrogens is 733 g/mol. The van der Waals surface area contributed by atoms with Gasteiger partial charge in [0.25, 0.3) is 0 Å². The standard InChI is InChI=1S/C56H44N2O2/c1-33-15-19-39(20-16-33)57(41-25-35(3)23-36(4)26-41)49-31-53-55(45-13-9-7-11-43(45)49)47-29-52-48(30-51(47)59-53)56-46-14-10-8-12-44(46)50(32-54(56)60-52)58(40-21-17-34(2)18-22-40)42-27-37(5)24-38(6)28-42/h7-32H,1-6H3. The number of fused-ring (bicyclic) bond motifs is 10. The van der Waals surface area contributed by atoms with Crippen LogP contribution in [0.25, 0.3) is 65.4 Å². The summed E-state index contributed by atoms with van der Waals surface area (Å²) in [5.74, 6) is 0. The van der Waals surface area contributed by atoms with Crippen LogP contribution in [0, 0.1) is 41.5 Å². The Morgan fingerprint density at radius 1 is 0.283 bits per heavy atom. The molecule has 11 aromatic rings. The van der Waals surface area contributed by atoms with E-state index in [-0.39, 0.29) is 0 Å². The van der Waals surface area contributed by atoms with Crippen molar-refractivity contribution in [1.29, 1.82) is 0 Å². The highest BCUT2D eigenvalue weighted by atomic mass is 16.3. The number of hydrogen-bond donors (Lipinski definition) is 0. The smallest absolute Gasteiger partial charge is 0.138 e. The highest BCUT2D eigenvalue weighted by molar-refractivity contribution is 6.28. The average Bonchev–Trinajstić information content (AvgIpc) is 3.78. The fourth-order valence-corrected chi connectivity index (χ4v) is 9.51. The molecule has 0 radical (unpaired) electrons. The minimum absolute atomic E-state index is 0.834. The molecule has 0 aliphatic carbocycles. The summed E-state index contributed by atoms with van der Waals surface area (Å²) in [5.41, 5.74) is 17.2. The van der Waals surface area contributed by atoms with Gasteiger partial charge in [-0.3, -0.25) is 0 Å². The molecule has 0 aliphatic rings. The molecule has 60 heavy (non-hydrogen) atoms. The normalized spacial score (nSPS) is 11.8. The van der Waals surface area contributed by atoms with Crippen molar-refractivity contribution in [2.24, 2.45) is 0 Å². The van der Waals surface area contributed by atoms with Crippen LogP contribution >= 0.6 is 0 Å². The van der Waals surface area contributed by atoms with Crippen molar-refractivity contribution in [3.63, 3.8) is 0 Å². The van der Waals surface area contributed by atoms with E-state index in [1.54, 1.807) is 0 Å². The lowest BCUT2D eigenvalue weighted by Gasteiger charge is -2.28. The average molecular weight is 777 g/mol. The van der Waals surface area contributed by atoms with E-state index >= 15 is 0 Å². The van der Waals surface area contributed by atoms with Gasteiger partial charge in [-0.1, -0.05) is 96.1 Å². The zero-order valence-electron chi connectivity index (χ0n) is 34.7. The number of anilines is 6. The molecule has 290 valence electrons. The molecule has 2 heterocycles. The van der Waals surface area contributed by atoms with Gasteiger partial charge >= 0.3 is 0 Å². The number of aryl methyl sites for hydroxylation is 6. The molecule has 4 heteroatoms.